The lowest BCUT2D eigenvalue weighted by Gasteiger charge is -2.28. The zero-order valence-corrected chi connectivity index (χ0v) is 12.4. The van der Waals surface area contributed by atoms with Crippen molar-refractivity contribution in [2.24, 2.45) is 5.92 Å². The number of ether oxygens (including phenoxy) is 1. The van der Waals surface area contributed by atoms with Crippen molar-refractivity contribution in [1.29, 1.82) is 0 Å². The van der Waals surface area contributed by atoms with Crippen molar-refractivity contribution >= 4 is 17.3 Å². The van der Waals surface area contributed by atoms with Gasteiger partial charge in [0.25, 0.3) is 0 Å². The molecule has 0 heterocycles. The summed E-state index contributed by atoms with van der Waals surface area (Å²) in [5.41, 5.74) is 5.99. The van der Waals surface area contributed by atoms with E-state index < -0.39 is 5.82 Å². The van der Waals surface area contributed by atoms with Crippen LogP contribution in [0, 0.1) is 11.7 Å². The zero-order valence-electron chi connectivity index (χ0n) is 12.4. The lowest BCUT2D eigenvalue weighted by Crippen LogP contribution is -2.27. The molecule has 1 fully saturated rings. The molecular formula is C16H23FN2O2. The molecule has 1 saturated carbocycles. The molecule has 1 amide bonds. The van der Waals surface area contributed by atoms with Crippen LogP contribution >= 0.6 is 0 Å². The standard InChI is InChI=1S/C16H23FN2O2/c1-11-4-2-3-5-15(11)21-9-8-16(20)19-12-6-7-13(17)14(18)10-12/h6-7,10-11,15H,2-5,8-9,18H2,1H3,(H,19,20). The van der Waals surface area contributed by atoms with Gasteiger partial charge in [0.15, 0.2) is 0 Å². The first-order valence-electron chi connectivity index (χ1n) is 7.52. The van der Waals surface area contributed by atoms with Crippen molar-refractivity contribution in [1.82, 2.24) is 0 Å². The van der Waals surface area contributed by atoms with E-state index in [1.807, 2.05) is 0 Å². The van der Waals surface area contributed by atoms with Crippen LogP contribution in [0.4, 0.5) is 15.8 Å². The van der Waals surface area contributed by atoms with E-state index in [2.05, 4.69) is 12.2 Å². The fourth-order valence-electron chi connectivity index (χ4n) is 2.68. The Bertz CT molecular complexity index is 493. The summed E-state index contributed by atoms with van der Waals surface area (Å²) in [7, 11) is 0. The second-order valence-corrected chi connectivity index (χ2v) is 5.71. The third-order valence-corrected chi connectivity index (χ3v) is 3.97. The van der Waals surface area contributed by atoms with Gasteiger partial charge in [0.2, 0.25) is 5.91 Å². The van der Waals surface area contributed by atoms with Crippen molar-refractivity contribution in [2.75, 3.05) is 17.7 Å². The normalized spacial score (nSPS) is 22.0. The van der Waals surface area contributed by atoms with Gasteiger partial charge < -0.3 is 15.8 Å². The van der Waals surface area contributed by atoms with Crippen LogP contribution in [0.25, 0.3) is 0 Å². The lowest BCUT2D eigenvalue weighted by molar-refractivity contribution is -0.118. The average molecular weight is 294 g/mol. The SMILES string of the molecule is CC1CCCCC1OCCC(=O)Nc1ccc(F)c(N)c1. The minimum atomic E-state index is -0.484. The van der Waals surface area contributed by atoms with E-state index in [0.717, 1.165) is 6.42 Å². The number of anilines is 2. The summed E-state index contributed by atoms with van der Waals surface area (Å²) < 4.78 is 18.8. The molecule has 1 aliphatic carbocycles. The van der Waals surface area contributed by atoms with E-state index in [9.17, 15) is 9.18 Å². The summed E-state index contributed by atoms with van der Waals surface area (Å²) in [5, 5.41) is 2.69. The van der Waals surface area contributed by atoms with Crippen LogP contribution in [-0.2, 0) is 9.53 Å². The maximum absolute atomic E-state index is 13.0. The predicted molar refractivity (Wildman–Crippen MR) is 81.4 cm³/mol. The summed E-state index contributed by atoms with van der Waals surface area (Å²) in [5.74, 6) is -0.0641. The van der Waals surface area contributed by atoms with Crippen molar-refractivity contribution in [3.8, 4) is 0 Å². The largest absolute Gasteiger partial charge is 0.396 e. The highest BCUT2D eigenvalue weighted by Crippen LogP contribution is 2.26. The van der Waals surface area contributed by atoms with Crippen LogP contribution < -0.4 is 11.1 Å². The number of carbonyl (C=O) groups excluding carboxylic acids is 1. The highest BCUT2D eigenvalue weighted by atomic mass is 19.1. The minimum absolute atomic E-state index is 0.0279. The molecule has 0 spiro atoms. The fraction of sp³-hybridized carbons (Fsp3) is 0.562. The van der Waals surface area contributed by atoms with Gasteiger partial charge in [0.1, 0.15) is 5.82 Å². The molecule has 4 nitrogen and oxygen atoms in total. The van der Waals surface area contributed by atoms with Crippen molar-refractivity contribution in [3.63, 3.8) is 0 Å². The number of halogens is 1. The summed E-state index contributed by atoms with van der Waals surface area (Å²) in [6.07, 6.45) is 5.32. The summed E-state index contributed by atoms with van der Waals surface area (Å²) in [6.45, 7) is 2.61. The smallest absolute Gasteiger partial charge is 0.226 e. The van der Waals surface area contributed by atoms with E-state index in [1.54, 1.807) is 0 Å². The number of rotatable bonds is 5. The van der Waals surface area contributed by atoms with E-state index in [1.165, 1.54) is 37.5 Å². The van der Waals surface area contributed by atoms with Crippen LogP contribution in [0.5, 0.6) is 0 Å². The second-order valence-electron chi connectivity index (χ2n) is 5.71. The first-order chi connectivity index (χ1) is 10.1. The number of hydrogen-bond donors (Lipinski definition) is 2. The number of benzene rings is 1. The minimum Gasteiger partial charge on any atom is -0.396 e. The third-order valence-electron chi connectivity index (χ3n) is 3.97. The Balaban J connectivity index is 1.73. The van der Waals surface area contributed by atoms with Gasteiger partial charge in [-0.1, -0.05) is 19.8 Å². The van der Waals surface area contributed by atoms with Crippen LogP contribution in [0.15, 0.2) is 18.2 Å². The molecule has 116 valence electrons. The number of amides is 1. The Morgan fingerprint density at radius 2 is 2.19 bits per heavy atom. The van der Waals surface area contributed by atoms with Crippen LogP contribution in [0.1, 0.15) is 39.0 Å². The maximum Gasteiger partial charge on any atom is 0.226 e. The first-order valence-corrected chi connectivity index (χ1v) is 7.52. The Morgan fingerprint density at radius 3 is 2.90 bits per heavy atom. The summed E-state index contributed by atoms with van der Waals surface area (Å²) in [6, 6.07) is 4.15. The Labute approximate surface area is 124 Å². The highest BCUT2D eigenvalue weighted by molar-refractivity contribution is 5.91. The molecule has 0 bridgehead atoms. The van der Waals surface area contributed by atoms with E-state index in [-0.39, 0.29) is 17.7 Å². The summed E-state index contributed by atoms with van der Waals surface area (Å²) >= 11 is 0. The van der Waals surface area contributed by atoms with Crippen molar-refractivity contribution in [3.05, 3.63) is 24.0 Å². The predicted octanol–water partition coefficient (Wildman–Crippen LogP) is 3.33. The van der Waals surface area contributed by atoms with Gasteiger partial charge in [0, 0.05) is 5.69 Å². The number of hydrogen-bond acceptors (Lipinski definition) is 3. The number of nitrogens with one attached hydrogen (secondary N) is 1. The van der Waals surface area contributed by atoms with E-state index in [0.29, 0.717) is 24.6 Å². The van der Waals surface area contributed by atoms with Gasteiger partial charge in [-0.05, 0) is 37.0 Å². The second kappa shape index (κ2) is 7.41. The molecule has 0 aliphatic heterocycles. The molecule has 0 saturated heterocycles. The Hall–Kier alpha value is -1.62. The lowest BCUT2D eigenvalue weighted by atomic mass is 9.88. The molecule has 0 radical (unpaired) electrons. The monoisotopic (exact) mass is 294 g/mol. The summed E-state index contributed by atoms with van der Waals surface area (Å²) in [4.78, 5) is 11.8. The third kappa shape index (κ3) is 4.70. The van der Waals surface area contributed by atoms with E-state index in [4.69, 9.17) is 10.5 Å². The molecule has 2 atom stereocenters. The van der Waals surface area contributed by atoms with Gasteiger partial charge in [0.05, 0.1) is 24.8 Å². The molecule has 1 aromatic carbocycles. The van der Waals surface area contributed by atoms with Gasteiger partial charge >= 0.3 is 0 Å². The fourth-order valence-corrected chi connectivity index (χ4v) is 2.68. The number of nitrogen functional groups attached to an aromatic ring is 1. The van der Waals surface area contributed by atoms with Gasteiger partial charge in [-0.2, -0.15) is 0 Å². The molecule has 2 rings (SSSR count). The first kappa shape index (κ1) is 15.8. The molecule has 3 N–H and O–H groups in total. The van der Waals surface area contributed by atoms with Gasteiger partial charge in [-0.15, -0.1) is 0 Å². The van der Waals surface area contributed by atoms with Crippen LogP contribution in [0.3, 0.4) is 0 Å². The van der Waals surface area contributed by atoms with Crippen molar-refractivity contribution in [2.45, 2.75) is 45.1 Å². The molecule has 1 aromatic rings. The molecule has 5 heteroatoms. The molecule has 21 heavy (non-hydrogen) atoms. The average Bonchev–Trinajstić information content (AvgIpc) is 2.45. The van der Waals surface area contributed by atoms with Crippen LogP contribution in [0.2, 0.25) is 0 Å². The molecule has 2 unspecified atom stereocenters. The Kier molecular flexibility index (Phi) is 5.56. The zero-order chi connectivity index (χ0) is 15.2. The van der Waals surface area contributed by atoms with Crippen LogP contribution in [-0.4, -0.2) is 18.6 Å². The number of nitrogens with two attached hydrogens (primary N) is 1. The quantitative estimate of drug-likeness (QED) is 0.819. The maximum atomic E-state index is 13.0. The Morgan fingerprint density at radius 1 is 1.43 bits per heavy atom. The van der Waals surface area contributed by atoms with E-state index >= 15 is 0 Å². The molecule has 0 aromatic heterocycles. The topological polar surface area (TPSA) is 64.3 Å². The van der Waals surface area contributed by atoms with Gasteiger partial charge in [-0.25, -0.2) is 4.39 Å². The van der Waals surface area contributed by atoms with Gasteiger partial charge in [-0.3, -0.25) is 4.79 Å². The number of carbonyl (C=O) groups is 1. The van der Waals surface area contributed by atoms with Crippen molar-refractivity contribution < 1.29 is 13.9 Å². The molecule has 1 aliphatic rings. The highest BCUT2D eigenvalue weighted by Gasteiger charge is 2.21. The molecular weight excluding hydrogens is 271 g/mol.